The number of alkyl halides is 2. The molecule has 1 amide bonds. The van der Waals surface area contributed by atoms with Gasteiger partial charge in [0.2, 0.25) is 0 Å². The number of aliphatic carboxylic acids is 1. The van der Waals surface area contributed by atoms with Crippen molar-refractivity contribution >= 4 is 29.2 Å². The van der Waals surface area contributed by atoms with E-state index in [1.165, 1.54) is 6.20 Å². The number of aldehydes is 1. The second-order valence-electron chi connectivity index (χ2n) is 9.60. The summed E-state index contributed by atoms with van der Waals surface area (Å²) in [6.45, 7) is 4.40. The first-order valence-corrected chi connectivity index (χ1v) is 11.5. The van der Waals surface area contributed by atoms with Crippen LogP contribution in [0.5, 0.6) is 0 Å². The topological polar surface area (TPSA) is 105 Å². The Morgan fingerprint density at radius 3 is 2.36 bits per heavy atom. The molecule has 0 radical (unpaired) electrons. The highest BCUT2D eigenvalue weighted by molar-refractivity contribution is 5.95. The summed E-state index contributed by atoms with van der Waals surface area (Å²) in [5, 5.41) is 12.5. The Bertz CT molecular complexity index is 1230. The molecule has 1 aliphatic heterocycles. The number of fused-ring (bicyclic) bond motifs is 1. The molecule has 8 nitrogen and oxygen atoms in total. The molecular weight excluding hydrogens is 470 g/mol. The van der Waals surface area contributed by atoms with Crippen LogP contribution in [0.2, 0.25) is 0 Å². The van der Waals surface area contributed by atoms with Crippen LogP contribution in [0.4, 0.5) is 8.78 Å². The van der Waals surface area contributed by atoms with E-state index in [1.54, 1.807) is 44.2 Å². The SMILES string of the molecule is CC(C)(CC(=O)O)NC(=O)c1ccc(-n2ccc3cc(C=O)cnc32)cc1.CN1CCC(F)(F)CC1. The summed E-state index contributed by atoms with van der Waals surface area (Å²) < 4.78 is 26.6. The smallest absolute Gasteiger partial charge is 0.305 e. The number of hydrogen-bond acceptors (Lipinski definition) is 5. The number of piperidine rings is 1. The minimum absolute atomic E-state index is 0.0312. The molecule has 192 valence electrons. The standard InChI is InChI=1S/C20H19N3O4.C6H11F2N/c1-20(2,10-17(25)26)22-19(27)14-3-5-16(6-4-14)23-8-7-15-9-13(12-24)11-21-18(15)23;1-9-4-2-6(7,8)3-5-9/h3-9,11-12H,10H2,1-2H3,(H,22,27)(H,25,26);2-5H2,1H3. The number of nitrogens with zero attached hydrogens (tertiary/aromatic N) is 3. The van der Waals surface area contributed by atoms with Crippen molar-refractivity contribution in [2.24, 2.45) is 0 Å². The summed E-state index contributed by atoms with van der Waals surface area (Å²) in [7, 11) is 1.87. The number of aromatic nitrogens is 2. The highest BCUT2D eigenvalue weighted by Crippen LogP contribution is 2.26. The molecule has 0 atom stereocenters. The van der Waals surface area contributed by atoms with Gasteiger partial charge >= 0.3 is 5.97 Å². The molecule has 36 heavy (non-hydrogen) atoms. The summed E-state index contributed by atoms with van der Waals surface area (Å²) in [6, 6.07) is 10.5. The first kappa shape index (κ1) is 26.9. The van der Waals surface area contributed by atoms with Crippen molar-refractivity contribution in [3.05, 3.63) is 59.9 Å². The Morgan fingerprint density at radius 2 is 1.81 bits per heavy atom. The summed E-state index contributed by atoms with van der Waals surface area (Å²) in [5.41, 5.74) is 1.62. The van der Waals surface area contributed by atoms with Gasteiger partial charge in [-0.2, -0.15) is 0 Å². The second-order valence-corrected chi connectivity index (χ2v) is 9.60. The summed E-state index contributed by atoms with van der Waals surface area (Å²) >= 11 is 0. The van der Waals surface area contributed by atoms with Gasteiger partial charge in [0.1, 0.15) is 5.65 Å². The molecule has 1 saturated heterocycles. The zero-order valence-electron chi connectivity index (χ0n) is 20.5. The Balaban J connectivity index is 0.000000338. The lowest BCUT2D eigenvalue weighted by Crippen LogP contribution is -2.44. The van der Waals surface area contributed by atoms with E-state index in [4.69, 9.17) is 5.11 Å². The van der Waals surface area contributed by atoms with Gasteiger partial charge in [0.25, 0.3) is 11.8 Å². The summed E-state index contributed by atoms with van der Waals surface area (Å²) in [5.74, 6) is -3.69. The van der Waals surface area contributed by atoms with Gasteiger partial charge in [-0.1, -0.05) is 0 Å². The van der Waals surface area contributed by atoms with E-state index in [2.05, 4.69) is 10.3 Å². The number of likely N-dealkylation sites (tertiary alicyclic amines) is 1. The van der Waals surface area contributed by atoms with Gasteiger partial charge in [0.05, 0.1) is 6.42 Å². The molecule has 0 bridgehead atoms. The van der Waals surface area contributed by atoms with Gasteiger partial charge in [-0.25, -0.2) is 13.8 Å². The van der Waals surface area contributed by atoms with Gasteiger partial charge in [0, 0.05) is 66.1 Å². The fourth-order valence-electron chi connectivity index (χ4n) is 3.83. The van der Waals surface area contributed by atoms with Crippen LogP contribution in [0.25, 0.3) is 16.7 Å². The molecule has 1 aliphatic rings. The fourth-order valence-corrected chi connectivity index (χ4v) is 3.83. The Labute approximate surface area is 207 Å². The number of amides is 1. The van der Waals surface area contributed by atoms with E-state index < -0.39 is 17.4 Å². The van der Waals surface area contributed by atoms with Crippen molar-refractivity contribution in [1.82, 2.24) is 19.8 Å². The lowest BCUT2D eigenvalue weighted by molar-refractivity contribution is -0.138. The van der Waals surface area contributed by atoms with E-state index in [-0.39, 0.29) is 25.2 Å². The largest absolute Gasteiger partial charge is 0.481 e. The maximum Gasteiger partial charge on any atom is 0.305 e. The highest BCUT2D eigenvalue weighted by atomic mass is 19.3. The van der Waals surface area contributed by atoms with Crippen LogP contribution in [-0.4, -0.2) is 69.3 Å². The number of carboxylic acid groups (broad SMARTS) is 1. The normalized spacial score (nSPS) is 15.6. The number of pyridine rings is 1. The van der Waals surface area contributed by atoms with Crippen LogP contribution in [0.1, 0.15) is 53.8 Å². The van der Waals surface area contributed by atoms with Crippen molar-refractivity contribution < 1.29 is 28.3 Å². The molecular formula is C26H30F2N4O4. The lowest BCUT2D eigenvalue weighted by atomic mass is 10.00. The number of benzene rings is 1. The average molecular weight is 501 g/mol. The molecule has 2 aromatic heterocycles. The molecule has 0 spiro atoms. The molecule has 10 heteroatoms. The number of halogens is 2. The Morgan fingerprint density at radius 1 is 1.17 bits per heavy atom. The molecule has 1 aromatic carbocycles. The van der Waals surface area contributed by atoms with E-state index >= 15 is 0 Å². The van der Waals surface area contributed by atoms with Gasteiger partial charge in [-0.05, 0) is 57.3 Å². The fraction of sp³-hybridized carbons (Fsp3) is 0.385. The molecule has 3 aromatic rings. The highest BCUT2D eigenvalue weighted by Gasteiger charge is 2.32. The third-order valence-electron chi connectivity index (χ3n) is 5.86. The average Bonchev–Trinajstić information content (AvgIpc) is 3.23. The minimum atomic E-state index is -2.38. The van der Waals surface area contributed by atoms with Crippen molar-refractivity contribution in [2.75, 3.05) is 20.1 Å². The number of carboxylic acids is 1. The monoisotopic (exact) mass is 500 g/mol. The molecule has 2 N–H and O–H groups in total. The number of nitrogens with one attached hydrogen (secondary N) is 1. The molecule has 1 fully saturated rings. The van der Waals surface area contributed by atoms with Crippen molar-refractivity contribution in [1.29, 1.82) is 0 Å². The van der Waals surface area contributed by atoms with E-state index in [1.807, 2.05) is 28.8 Å². The zero-order chi connectivity index (χ0) is 26.5. The van der Waals surface area contributed by atoms with Crippen LogP contribution in [0.3, 0.4) is 0 Å². The van der Waals surface area contributed by atoms with Crippen molar-refractivity contribution in [3.63, 3.8) is 0 Å². The third kappa shape index (κ3) is 7.17. The minimum Gasteiger partial charge on any atom is -0.481 e. The molecule has 0 saturated carbocycles. The van der Waals surface area contributed by atoms with Gasteiger partial charge in [-0.15, -0.1) is 0 Å². The van der Waals surface area contributed by atoms with Gasteiger partial charge < -0.3 is 19.9 Å². The molecule has 4 rings (SSSR count). The quantitative estimate of drug-likeness (QED) is 0.493. The predicted octanol–water partition coefficient (Wildman–Crippen LogP) is 4.17. The zero-order valence-corrected chi connectivity index (χ0v) is 20.5. The summed E-state index contributed by atoms with van der Waals surface area (Å²) in [6.07, 6.45) is 4.01. The van der Waals surface area contributed by atoms with Crippen molar-refractivity contribution in [3.8, 4) is 5.69 Å². The molecule has 0 aliphatic carbocycles. The maximum atomic E-state index is 12.4. The molecule has 3 heterocycles. The number of carbonyl (C=O) groups excluding carboxylic acids is 2. The maximum absolute atomic E-state index is 12.4. The van der Waals surface area contributed by atoms with Crippen molar-refractivity contribution in [2.45, 2.75) is 44.6 Å². The van der Waals surface area contributed by atoms with Crippen LogP contribution < -0.4 is 5.32 Å². The van der Waals surface area contributed by atoms with E-state index in [0.29, 0.717) is 29.9 Å². The number of hydrogen-bond donors (Lipinski definition) is 2. The lowest BCUT2D eigenvalue weighted by Gasteiger charge is -2.28. The van der Waals surface area contributed by atoms with Crippen LogP contribution >= 0.6 is 0 Å². The predicted molar refractivity (Wildman–Crippen MR) is 132 cm³/mol. The van der Waals surface area contributed by atoms with Gasteiger partial charge in [-0.3, -0.25) is 14.4 Å². The second kappa shape index (κ2) is 10.9. The number of rotatable bonds is 6. The first-order chi connectivity index (χ1) is 16.9. The van der Waals surface area contributed by atoms with Gasteiger partial charge in [0.15, 0.2) is 6.29 Å². The van der Waals surface area contributed by atoms with Crippen LogP contribution in [0.15, 0.2) is 48.8 Å². The van der Waals surface area contributed by atoms with E-state index in [0.717, 1.165) is 17.4 Å². The molecule has 0 unspecified atom stereocenters. The summed E-state index contributed by atoms with van der Waals surface area (Å²) in [4.78, 5) is 40.4. The Kier molecular flexibility index (Phi) is 8.19. The number of carbonyl (C=O) groups is 3. The van der Waals surface area contributed by atoms with Crippen LogP contribution in [0, 0.1) is 0 Å². The Hall–Kier alpha value is -3.66. The van der Waals surface area contributed by atoms with Crippen LogP contribution in [-0.2, 0) is 4.79 Å². The van der Waals surface area contributed by atoms with E-state index in [9.17, 15) is 23.2 Å². The third-order valence-corrected chi connectivity index (χ3v) is 5.86. The first-order valence-electron chi connectivity index (χ1n) is 11.5.